The second-order valence-electron chi connectivity index (χ2n) is 4.47. The van der Waals surface area contributed by atoms with E-state index in [2.05, 4.69) is 22.4 Å². The molecule has 1 fully saturated rings. The molecule has 0 aliphatic carbocycles. The minimum absolute atomic E-state index is 0.391. The van der Waals surface area contributed by atoms with Gasteiger partial charge in [-0.2, -0.15) is 0 Å². The predicted molar refractivity (Wildman–Crippen MR) is 64.3 cm³/mol. The van der Waals surface area contributed by atoms with E-state index in [1.807, 2.05) is 20.2 Å². The smallest absolute Gasteiger partial charge is 0.0512 e. The van der Waals surface area contributed by atoms with E-state index in [1.165, 1.54) is 18.4 Å². The summed E-state index contributed by atoms with van der Waals surface area (Å²) in [6.07, 6.45) is 4.30. The highest BCUT2D eigenvalue weighted by Gasteiger charge is 2.24. The van der Waals surface area contributed by atoms with Gasteiger partial charge in [0.05, 0.1) is 6.61 Å². The molecule has 2 unspecified atom stereocenters. The molecule has 16 heavy (non-hydrogen) atoms. The molecule has 0 amide bonds. The Balaban J connectivity index is 2.14. The molecule has 3 heteroatoms. The van der Waals surface area contributed by atoms with Crippen LogP contribution in [0.4, 0.5) is 0 Å². The molecule has 2 heterocycles. The maximum Gasteiger partial charge on any atom is 0.0512 e. The Kier molecular flexibility index (Phi) is 3.91. The molecule has 1 aliphatic rings. The van der Waals surface area contributed by atoms with Gasteiger partial charge in [0.25, 0.3) is 0 Å². The summed E-state index contributed by atoms with van der Waals surface area (Å²) in [7, 11) is 2.02. The fourth-order valence-corrected chi connectivity index (χ4v) is 2.46. The first-order chi connectivity index (χ1) is 7.81. The van der Waals surface area contributed by atoms with Crippen molar-refractivity contribution in [2.24, 2.45) is 5.92 Å². The molecule has 1 aromatic rings. The molecular formula is C13H20N2O. The minimum atomic E-state index is 0.391. The topological polar surface area (TPSA) is 34.2 Å². The second kappa shape index (κ2) is 5.41. The van der Waals surface area contributed by atoms with E-state index >= 15 is 0 Å². The van der Waals surface area contributed by atoms with Gasteiger partial charge in [0.1, 0.15) is 0 Å². The van der Waals surface area contributed by atoms with Crippen molar-refractivity contribution in [1.82, 2.24) is 10.3 Å². The van der Waals surface area contributed by atoms with Gasteiger partial charge < -0.3 is 10.1 Å². The normalized spacial score (nSPS) is 23.0. The van der Waals surface area contributed by atoms with Gasteiger partial charge in [-0.05, 0) is 44.5 Å². The molecule has 1 saturated heterocycles. The van der Waals surface area contributed by atoms with E-state index in [9.17, 15) is 0 Å². The molecule has 0 spiro atoms. The van der Waals surface area contributed by atoms with E-state index in [-0.39, 0.29) is 0 Å². The molecule has 2 rings (SSSR count). The molecule has 1 aromatic heterocycles. The number of hydrogen-bond donors (Lipinski definition) is 1. The average Bonchev–Trinajstić information content (AvgIpc) is 2.31. The van der Waals surface area contributed by atoms with Gasteiger partial charge in [0, 0.05) is 30.5 Å². The van der Waals surface area contributed by atoms with E-state index in [4.69, 9.17) is 4.74 Å². The lowest BCUT2D eigenvalue weighted by Crippen LogP contribution is -2.31. The molecule has 0 radical (unpaired) electrons. The molecule has 1 aliphatic heterocycles. The number of ether oxygens (including phenoxy) is 1. The van der Waals surface area contributed by atoms with E-state index in [0.717, 1.165) is 18.9 Å². The van der Waals surface area contributed by atoms with Crippen LogP contribution in [-0.4, -0.2) is 25.2 Å². The molecule has 88 valence electrons. The van der Waals surface area contributed by atoms with Crippen LogP contribution in [0.25, 0.3) is 0 Å². The maximum atomic E-state index is 5.56. The Labute approximate surface area is 97.2 Å². The van der Waals surface area contributed by atoms with Crippen LogP contribution in [-0.2, 0) is 4.74 Å². The fourth-order valence-electron chi connectivity index (χ4n) is 2.46. The van der Waals surface area contributed by atoms with Crippen LogP contribution in [0.5, 0.6) is 0 Å². The molecular weight excluding hydrogens is 200 g/mol. The Morgan fingerprint density at radius 1 is 1.56 bits per heavy atom. The second-order valence-corrected chi connectivity index (χ2v) is 4.47. The maximum absolute atomic E-state index is 5.56. The first-order valence-electron chi connectivity index (χ1n) is 5.99. The molecule has 0 bridgehead atoms. The SMILES string of the molecule is CNC(c1ccnc(C)c1)C1CCCOC1. The quantitative estimate of drug-likeness (QED) is 0.847. The van der Waals surface area contributed by atoms with Gasteiger partial charge in [-0.3, -0.25) is 4.98 Å². The fraction of sp³-hybridized carbons (Fsp3) is 0.615. The van der Waals surface area contributed by atoms with E-state index in [0.29, 0.717) is 12.0 Å². The number of pyridine rings is 1. The van der Waals surface area contributed by atoms with E-state index < -0.39 is 0 Å². The van der Waals surface area contributed by atoms with Gasteiger partial charge >= 0.3 is 0 Å². The largest absolute Gasteiger partial charge is 0.381 e. The van der Waals surface area contributed by atoms with Gasteiger partial charge in [-0.1, -0.05) is 0 Å². The van der Waals surface area contributed by atoms with Crippen molar-refractivity contribution in [2.75, 3.05) is 20.3 Å². The highest BCUT2D eigenvalue weighted by molar-refractivity contribution is 5.20. The number of nitrogens with zero attached hydrogens (tertiary/aromatic N) is 1. The zero-order valence-corrected chi connectivity index (χ0v) is 10.1. The molecule has 0 aromatic carbocycles. The van der Waals surface area contributed by atoms with Gasteiger partial charge in [0.15, 0.2) is 0 Å². The number of rotatable bonds is 3. The van der Waals surface area contributed by atoms with Gasteiger partial charge in [-0.25, -0.2) is 0 Å². The van der Waals surface area contributed by atoms with Gasteiger partial charge in [0.2, 0.25) is 0 Å². The van der Waals surface area contributed by atoms with Crippen molar-refractivity contribution < 1.29 is 4.74 Å². The van der Waals surface area contributed by atoms with Crippen LogP contribution >= 0.6 is 0 Å². The van der Waals surface area contributed by atoms with Crippen molar-refractivity contribution >= 4 is 0 Å². The third-order valence-electron chi connectivity index (χ3n) is 3.26. The van der Waals surface area contributed by atoms with Crippen molar-refractivity contribution in [1.29, 1.82) is 0 Å². The number of hydrogen-bond acceptors (Lipinski definition) is 3. The minimum Gasteiger partial charge on any atom is -0.381 e. The Bertz CT molecular complexity index is 334. The van der Waals surface area contributed by atoms with E-state index in [1.54, 1.807) is 0 Å². The monoisotopic (exact) mass is 220 g/mol. The summed E-state index contributed by atoms with van der Waals surface area (Å²) in [4.78, 5) is 4.24. The lowest BCUT2D eigenvalue weighted by Gasteiger charge is -2.30. The Hall–Kier alpha value is -0.930. The van der Waals surface area contributed by atoms with Gasteiger partial charge in [-0.15, -0.1) is 0 Å². The number of nitrogens with one attached hydrogen (secondary N) is 1. The zero-order valence-electron chi connectivity index (χ0n) is 10.1. The van der Waals surface area contributed by atoms with Crippen LogP contribution < -0.4 is 5.32 Å². The molecule has 2 atom stereocenters. The Morgan fingerprint density at radius 2 is 2.44 bits per heavy atom. The van der Waals surface area contributed by atoms with Crippen molar-refractivity contribution in [2.45, 2.75) is 25.8 Å². The van der Waals surface area contributed by atoms with Crippen LogP contribution in [0.3, 0.4) is 0 Å². The van der Waals surface area contributed by atoms with Crippen LogP contribution in [0.2, 0.25) is 0 Å². The Morgan fingerprint density at radius 3 is 3.06 bits per heavy atom. The van der Waals surface area contributed by atoms with Crippen molar-refractivity contribution in [3.63, 3.8) is 0 Å². The predicted octanol–water partition coefficient (Wildman–Crippen LogP) is 2.08. The summed E-state index contributed by atoms with van der Waals surface area (Å²) in [6.45, 7) is 3.82. The average molecular weight is 220 g/mol. The van der Waals surface area contributed by atoms with Crippen LogP contribution in [0.1, 0.15) is 30.1 Å². The summed E-state index contributed by atoms with van der Waals surface area (Å²) in [5.74, 6) is 0.584. The van der Waals surface area contributed by atoms with Crippen LogP contribution in [0, 0.1) is 12.8 Å². The molecule has 1 N–H and O–H groups in total. The highest BCUT2D eigenvalue weighted by Crippen LogP contribution is 2.28. The third-order valence-corrected chi connectivity index (χ3v) is 3.26. The third kappa shape index (κ3) is 2.60. The summed E-state index contributed by atoms with van der Waals surface area (Å²) in [5, 5.41) is 3.41. The van der Waals surface area contributed by atoms with Crippen molar-refractivity contribution in [3.05, 3.63) is 29.6 Å². The summed E-state index contributed by atoms with van der Waals surface area (Å²) in [6, 6.07) is 4.65. The standard InChI is InChI=1S/C13H20N2O/c1-10-8-11(5-6-15-10)13(14-2)12-4-3-7-16-9-12/h5-6,8,12-14H,3-4,7,9H2,1-2H3. The summed E-state index contributed by atoms with van der Waals surface area (Å²) >= 11 is 0. The first-order valence-corrected chi connectivity index (χ1v) is 5.99. The number of aromatic nitrogens is 1. The summed E-state index contributed by atoms with van der Waals surface area (Å²) < 4.78 is 5.56. The molecule has 0 saturated carbocycles. The first kappa shape index (κ1) is 11.6. The molecule has 3 nitrogen and oxygen atoms in total. The highest BCUT2D eigenvalue weighted by atomic mass is 16.5. The zero-order chi connectivity index (χ0) is 11.4. The number of aryl methyl sites for hydroxylation is 1. The van der Waals surface area contributed by atoms with Crippen LogP contribution in [0.15, 0.2) is 18.3 Å². The lowest BCUT2D eigenvalue weighted by molar-refractivity contribution is 0.0402. The van der Waals surface area contributed by atoms with Crippen molar-refractivity contribution in [3.8, 4) is 0 Å². The lowest BCUT2D eigenvalue weighted by atomic mass is 9.89. The summed E-state index contributed by atoms with van der Waals surface area (Å²) in [5.41, 5.74) is 2.40.